The average Bonchev–Trinajstić information content (AvgIpc) is 3.58. The van der Waals surface area contributed by atoms with Gasteiger partial charge in [-0.25, -0.2) is 4.98 Å². The summed E-state index contributed by atoms with van der Waals surface area (Å²) in [7, 11) is 0. The number of ether oxygens (including phenoxy) is 1. The van der Waals surface area contributed by atoms with Crippen LogP contribution < -0.4 is 0 Å². The van der Waals surface area contributed by atoms with Crippen molar-refractivity contribution < 1.29 is 40.7 Å². The standard InChI is InChI=1S/C28H28F5N3O4/c29-27(30,28(31,32)33)25-35-22(17-5-7-18(8-6-17)24(38)36-11-13-39-14-12-36)23(40-25)20-4-2-1-3-19(20)21(37)15-26(16-34)9-10-26/h5-8,19-20H,1-4,9-15H2/t19-,20-/m1/s1. The van der Waals surface area contributed by atoms with Gasteiger partial charge in [-0.15, -0.1) is 0 Å². The summed E-state index contributed by atoms with van der Waals surface area (Å²) < 4.78 is 79.1. The third kappa shape index (κ3) is 5.36. The zero-order valence-electron chi connectivity index (χ0n) is 21.6. The van der Waals surface area contributed by atoms with E-state index in [0.717, 1.165) is 0 Å². The molecule has 1 amide bonds. The van der Waals surface area contributed by atoms with Gasteiger partial charge in [0, 0.05) is 42.5 Å². The summed E-state index contributed by atoms with van der Waals surface area (Å²) >= 11 is 0. The number of ketones is 1. The molecule has 1 aliphatic heterocycles. The Kier molecular flexibility index (Phi) is 7.46. The highest BCUT2D eigenvalue weighted by atomic mass is 19.4. The Morgan fingerprint density at radius 3 is 2.30 bits per heavy atom. The summed E-state index contributed by atoms with van der Waals surface area (Å²) in [4.78, 5) is 31.4. The van der Waals surface area contributed by atoms with Crippen molar-refractivity contribution in [3.8, 4) is 17.3 Å². The number of nitriles is 1. The molecule has 214 valence electrons. The molecule has 0 N–H and O–H groups in total. The van der Waals surface area contributed by atoms with Gasteiger partial charge >= 0.3 is 12.1 Å². The summed E-state index contributed by atoms with van der Waals surface area (Å²) in [6, 6.07) is 7.95. The smallest absolute Gasteiger partial charge is 0.439 e. The van der Waals surface area contributed by atoms with Crippen LogP contribution in [-0.4, -0.2) is 54.1 Å². The number of hydrogen-bond donors (Lipinski definition) is 0. The van der Waals surface area contributed by atoms with Gasteiger partial charge in [0.15, 0.2) is 0 Å². The first-order valence-corrected chi connectivity index (χ1v) is 13.3. The minimum atomic E-state index is -5.94. The van der Waals surface area contributed by atoms with Crippen molar-refractivity contribution in [2.24, 2.45) is 11.3 Å². The fourth-order valence-corrected chi connectivity index (χ4v) is 5.54. The molecule has 7 nitrogen and oxygen atoms in total. The van der Waals surface area contributed by atoms with Crippen molar-refractivity contribution in [1.82, 2.24) is 9.88 Å². The van der Waals surface area contributed by atoms with Crippen LogP contribution in [0.15, 0.2) is 28.7 Å². The molecule has 12 heteroatoms. The molecule has 5 rings (SSSR count). The number of alkyl halides is 5. The maximum Gasteiger partial charge on any atom is 0.463 e. The summed E-state index contributed by atoms with van der Waals surface area (Å²) in [5, 5.41) is 9.44. The molecule has 0 unspecified atom stereocenters. The molecule has 0 bridgehead atoms. The van der Waals surface area contributed by atoms with Crippen LogP contribution in [0.5, 0.6) is 0 Å². The summed E-state index contributed by atoms with van der Waals surface area (Å²) in [6.45, 7) is 1.63. The number of halogens is 5. The number of Topliss-reactive ketones (excluding diaryl/α,β-unsaturated/α-hetero) is 1. The Hall–Kier alpha value is -3.33. The Morgan fingerprint density at radius 1 is 1.05 bits per heavy atom. The third-order valence-electron chi connectivity index (χ3n) is 8.10. The highest BCUT2D eigenvalue weighted by molar-refractivity contribution is 5.94. The van der Waals surface area contributed by atoms with Crippen molar-refractivity contribution >= 4 is 11.7 Å². The number of carbonyl (C=O) groups excluding carboxylic acids is 2. The molecule has 0 radical (unpaired) electrons. The molecule has 40 heavy (non-hydrogen) atoms. The first-order valence-electron chi connectivity index (χ1n) is 13.3. The minimum Gasteiger partial charge on any atom is -0.439 e. The normalized spacial score (nSPS) is 22.9. The SMILES string of the molecule is N#CC1(CC(=O)[C@@H]2CCCC[C@H]2c2oc(C(F)(F)C(F)(F)F)nc2-c2ccc(C(=O)N3CCOCC3)cc2)CC1. The number of nitrogens with zero attached hydrogens (tertiary/aromatic N) is 3. The second-order valence-electron chi connectivity index (χ2n) is 10.8. The lowest BCUT2D eigenvalue weighted by atomic mass is 9.73. The number of morpholine rings is 1. The predicted molar refractivity (Wildman–Crippen MR) is 130 cm³/mol. The van der Waals surface area contributed by atoms with Gasteiger partial charge in [-0.3, -0.25) is 9.59 Å². The largest absolute Gasteiger partial charge is 0.463 e. The first kappa shape index (κ1) is 28.2. The van der Waals surface area contributed by atoms with E-state index in [2.05, 4.69) is 11.1 Å². The molecular formula is C28H28F5N3O4. The van der Waals surface area contributed by atoms with Gasteiger partial charge < -0.3 is 14.1 Å². The van der Waals surface area contributed by atoms with E-state index in [-0.39, 0.29) is 35.1 Å². The fourth-order valence-electron chi connectivity index (χ4n) is 5.54. The second kappa shape index (κ2) is 10.6. The highest BCUT2D eigenvalue weighted by Crippen LogP contribution is 2.52. The Balaban J connectivity index is 1.51. The molecule has 3 fully saturated rings. The number of oxazole rings is 1. The third-order valence-corrected chi connectivity index (χ3v) is 8.10. The lowest BCUT2D eigenvalue weighted by Gasteiger charge is -2.30. The maximum atomic E-state index is 14.4. The van der Waals surface area contributed by atoms with Crippen LogP contribution in [0, 0.1) is 22.7 Å². The van der Waals surface area contributed by atoms with E-state index in [0.29, 0.717) is 70.4 Å². The molecule has 1 aromatic carbocycles. The molecule has 2 aliphatic carbocycles. The predicted octanol–water partition coefficient (Wildman–Crippen LogP) is 6.00. The van der Waals surface area contributed by atoms with E-state index in [1.54, 1.807) is 4.90 Å². The van der Waals surface area contributed by atoms with Gasteiger partial charge in [-0.2, -0.15) is 27.2 Å². The van der Waals surface area contributed by atoms with Crippen LogP contribution >= 0.6 is 0 Å². The Morgan fingerprint density at radius 2 is 1.70 bits per heavy atom. The van der Waals surface area contributed by atoms with Crippen LogP contribution in [-0.2, 0) is 15.5 Å². The molecule has 2 heterocycles. The molecule has 1 aromatic heterocycles. The fraction of sp³-hybridized carbons (Fsp3) is 0.571. The first-order chi connectivity index (χ1) is 19.0. The summed E-state index contributed by atoms with van der Waals surface area (Å²) in [5.41, 5.74) is -0.432. The highest BCUT2D eigenvalue weighted by Gasteiger charge is 2.63. The van der Waals surface area contributed by atoms with Crippen molar-refractivity contribution in [2.75, 3.05) is 26.3 Å². The van der Waals surface area contributed by atoms with Crippen LogP contribution in [0.2, 0.25) is 0 Å². The van der Waals surface area contributed by atoms with Crippen molar-refractivity contribution in [1.29, 1.82) is 5.26 Å². The topological polar surface area (TPSA) is 96.4 Å². The number of benzene rings is 1. The molecular weight excluding hydrogens is 537 g/mol. The molecule has 2 saturated carbocycles. The number of amides is 1. The molecule has 1 saturated heterocycles. The number of carbonyl (C=O) groups is 2. The van der Waals surface area contributed by atoms with Gasteiger partial charge in [-0.05, 0) is 37.8 Å². The van der Waals surface area contributed by atoms with Crippen LogP contribution in [0.25, 0.3) is 11.3 Å². The van der Waals surface area contributed by atoms with Crippen LogP contribution in [0.1, 0.15) is 72.9 Å². The van der Waals surface area contributed by atoms with E-state index >= 15 is 0 Å². The van der Waals surface area contributed by atoms with E-state index < -0.39 is 35.2 Å². The number of aromatic nitrogens is 1. The van der Waals surface area contributed by atoms with Crippen LogP contribution in [0.3, 0.4) is 0 Å². The van der Waals surface area contributed by atoms with Crippen molar-refractivity contribution in [3.63, 3.8) is 0 Å². The van der Waals surface area contributed by atoms with Gasteiger partial charge in [0.2, 0.25) is 0 Å². The molecule has 0 spiro atoms. The monoisotopic (exact) mass is 565 g/mol. The Labute approximate surface area is 227 Å². The van der Waals surface area contributed by atoms with E-state index in [4.69, 9.17) is 9.15 Å². The molecule has 2 aromatic rings. The van der Waals surface area contributed by atoms with E-state index in [1.807, 2.05) is 0 Å². The quantitative estimate of drug-likeness (QED) is 0.382. The van der Waals surface area contributed by atoms with Gasteiger partial charge in [0.25, 0.3) is 11.8 Å². The maximum absolute atomic E-state index is 14.4. The van der Waals surface area contributed by atoms with Crippen molar-refractivity contribution in [2.45, 2.75) is 63.0 Å². The number of hydrogen-bond acceptors (Lipinski definition) is 6. The van der Waals surface area contributed by atoms with Crippen molar-refractivity contribution in [3.05, 3.63) is 41.5 Å². The van der Waals surface area contributed by atoms with Gasteiger partial charge in [0.1, 0.15) is 17.2 Å². The lowest BCUT2D eigenvalue weighted by molar-refractivity contribution is -0.297. The van der Waals surface area contributed by atoms with E-state index in [1.165, 1.54) is 24.3 Å². The zero-order valence-corrected chi connectivity index (χ0v) is 21.6. The van der Waals surface area contributed by atoms with Gasteiger partial charge in [-0.1, -0.05) is 25.0 Å². The Bertz CT molecular complexity index is 1300. The minimum absolute atomic E-state index is 0.0120. The zero-order chi connectivity index (χ0) is 28.7. The molecule has 2 atom stereocenters. The summed E-state index contributed by atoms with van der Waals surface area (Å²) in [5.74, 6) is -9.28. The average molecular weight is 566 g/mol. The van der Waals surface area contributed by atoms with Gasteiger partial charge in [0.05, 0.1) is 24.7 Å². The lowest BCUT2D eigenvalue weighted by Crippen LogP contribution is -2.40. The molecule has 3 aliphatic rings. The number of rotatable bonds is 7. The van der Waals surface area contributed by atoms with Crippen LogP contribution in [0.4, 0.5) is 22.0 Å². The second-order valence-corrected chi connectivity index (χ2v) is 10.8. The summed E-state index contributed by atoms with van der Waals surface area (Å²) in [6.07, 6.45) is -2.69. The van der Waals surface area contributed by atoms with E-state index in [9.17, 15) is 36.8 Å².